The zero-order valence-electron chi connectivity index (χ0n) is 14.3. The van der Waals surface area contributed by atoms with Gasteiger partial charge in [-0.05, 0) is 24.3 Å². The molecule has 4 aromatic rings. The van der Waals surface area contributed by atoms with Gasteiger partial charge in [0.2, 0.25) is 5.78 Å². The number of anilines is 1. The summed E-state index contributed by atoms with van der Waals surface area (Å²) in [5.74, 6) is 0.0198. The molecule has 0 aliphatic carbocycles. The van der Waals surface area contributed by atoms with Gasteiger partial charge in [0, 0.05) is 23.5 Å². The zero-order valence-corrected chi connectivity index (χ0v) is 14.3. The molecule has 4 rings (SSSR count). The molecule has 0 atom stereocenters. The quantitative estimate of drug-likeness (QED) is 0.560. The summed E-state index contributed by atoms with van der Waals surface area (Å²) in [6.07, 6.45) is -1.29. The highest BCUT2D eigenvalue weighted by molar-refractivity contribution is 6.05. The fraction of sp³-hybridized carbons (Fsp3) is 0.0500. The maximum atomic E-state index is 12.9. The molecule has 0 aliphatic heterocycles. The van der Waals surface area contributed by atoms with Gasteiger partial charge in [0.25, 0.3) is 5.91 Å². The molecule has 1 N–H and O–H groups in total. The Labute approximate surface area is 157 Å². The minimum absolute atomic E-state index is 0.104. The lowest BCUT2D eigenvalue weighted by Gasteiger charge is -2.10. The number of hydrogen-bond donors (Lipinski definition) is 1. The molecular weight excluding hydrogens is 369 g/mol. The van der Waals surface area contributed by atoms with Gasteiger partial charge in [0.15, 0.2) is 0 Å². The molecule has 1 amide bonds. The van der Waals surface area contributed by atoms with Crippen molar-refractivity contribution in [1.82, 2.24) is 14.4 Å². The molecule has 2 aromatic carbocycles. The Bertz CT molecular complexity index is 1150. The van der Waals surface area contributed by atoms with Crippen molar-refractivity contribution in [2.24, 2.45) is 0 Å². The number of halogens is 3. The summed E-state index contributed by atoms with van der Waals surface area (Å²) >= 11 is 0. The van der Waals surface area contributed by atoms with Crippen molar-refractivity contribution in [2.75, 3.05) is 5.32 Å². The number of benzene rings is 2. The SMILES string of the molecule is O=C(Nc1c(-c2ccccc2)nc2ncccn12)c1cccc(C(F)(F)F)c1. The summed E-state index contributed by atoms with van der Waals surface area (Å²) in [7, 11) is 0. The predicted octanol–water partition coefficient (Wildman–Crippen LogP) is 4.67. The summed E-state index contributed by atoms with van der Waals surface area (Å²) in [6, 6.07) is 15.1. The van der Waals surface area contributed by atoms with Crippen molar-refractivity contribution in [3.8, 4) is 11.3 Å². The van der Waals surface area contributed by atoms with E-state index < -0.39 is 17.6 Å². The second kappa shape index (κ2) is 6.80. The van der Waals surface area contributed by atoms with E-state index in [1.165, 1.54) is 12.1 Å². The molecule has 0 unspecified atom stereocenters. The van der Waals surface area contributed by atoms with Crippen LogP contribution in [0.15, 0.2) is 73.1 Å². The van der Waals surface area contributed by atoms with Gasteiger partial charge in [-0.25, -0.2) is 9.97 Å². The maximum Gasteiger partial charge on any atom is 0.416 e. The van der Waals surface area contributed by atoms with Crippen molar-refractivity contribution in [3.63, 3.8) is 0 Å². The number of imidazole rings is 1. The van der Waals surface area contributed by atoms with Crippen molar-refractivity contribution in [2.45, 2.75) is 6.18 Å². The minimum Gasteiger partial charge on any atom is -0.306 e. The van der Waals surface area contributed by atoms with E-state index in [2.05, 4.69) is 15.3 Å². The van der Waals surface area contributed by atoms with Crippen LogP contribution in [-0.4, -0.2) is 20.3 Å². The number of nitrogens with one attached hydrogen (secondary N) is 1. The van der Waals surface area contributed by atoms with Gasteiger partial charge >= 0.3 is 6.18 Å². The summed E-state index contributed by atoms with van der Waals surface area (Å²) < 4.78 is 40.4. The van der Waals surface area contributed by atoms with E-state index in [0.717, 1.165) is 17.7 Å². The molecule has 28 heavy (non-hydrogen) atoms. The van der Waals surface area contributed by atoms with Crippen LogP contribution in [0.25, 0.3) is 17.0 Å². The maximum absolute atomic E-state index is 12.9. The molecule has 0 aliphatic rings. The van der Waals surface area contributed by atoms with Gasteiger partial charge in [0.05, 0.1) is 5.56 Å². The first-order chi connectivity index (χ1) is 13.4. The number of nitrogens with zero attached hydrogens (tertiary/aromatic N) is 3. The second-order valence-corrected chi connectivity index (χ2v) is 6.00. The molecule has 0 spiro atoms. The van der Waals surface area contributed by atoms with Crippen LogP contribution in [0.1, 0.15) is 15.9 Å². The third-order valence-electron chi connectivity index (χ3n) is 4.13. The molecular formula is C20H13F3N4O. The average molecular weight is 382 g/mol. The molecule has 0 fully saturated rings. The predicted molar refractivity (Wildman–Crippen MR) is 97.8 cm³/mol. The first-order valence-corrected chi connectivity index (χ1v) is 8.30. The molecule has 8 heteroatoms. The summed E-state index contributed by atoms with van der Waals surface area (Å²) in [5, 5.41) is 2.68. The van der Waals surface area contributed by atoms with Crippen LogP contribution in [0.4, 0.5) is 19.0 Å². The Hall–Kier alpha value is -3.68. The number of rotatable bonds is 3. The average Bonchev–Trinajstić information content (AvgIpc) is 3.07. The molecule has 0 saturated carbocycles. The Morgan fingerprint density at radius 2 is 1.79 bits per heavy atom. The lowest BCUT2D eigenvalue weighted by Crippen LogP contribution is -2.15. The zero-order chi connectivity index (χ0) is 19.7. The number of hydrogen-bond acceptors (Lipinski definition) is 3. The van der Waals surface area contributed by atoms with Crippen LogP contribution >= 0.6 is 0 Å². The van der Waals surface area contributed by atoms with E-state index in [4.69, 9.17) is 0 Å². The highest BCUT2D eigenvalue weighted by Crippen LogP contribution is 2.31. The summed E-state index contributed by atoms with van der Waals surface area (Å²) in [5.41, 5.74) is 0.225. The molecule has 0 bridgehead atoms. The van der Waals surface area contributed by atoms with E-state index in [1.54, 1.807) is 22.9 Å². The van der Waals surface area contributed by atoms with Crippen LogP contribution in [0.3, 0.4) is 0 Å². The van der Waals surface area contributed by atoms with Crippen molar-refractivity contribution in [1.29, 1.82) is 0 Å². The van der Waals surface area contributed by atoms with Crippen LogP contribution in [-0.2, 0) is 6.18 Å². The van der Waals surface area contributed by atoms with E-state index in [-0.39, 0.29) is 5.56 Å². The van der Waals surface area contributed by atoms with Gasteiger partial charge in [-0.2, -0.15) is 13.2 Å². The number of fused-ring (bicyclic) bond motifs is 1. The highest BCUT2D eigenvalue weighted by Gasteiger charge is 2.31. The Morgan fingerprint density at radius 1 is 1.00 bits per heavy atom. The fourth-order valence-electron chi connectivity index (χ4n) is 2.82. The van der Waals surface area contributed by atoms with E-state index in [1.807, 2.05) is 30.3 Å². The van der Waals surface area contributed by atoms with Gasteiger partial charge in [-0.3, -0.25) is 9.20 Å². The first-order valence-electron chi connectivity index (χ1n) is 8.30. The number of carbonyl (C=O) groups excluding carboxylic acids is 1. The van der Waals surface area contributed by atoms with E-state index in [9.17, 15) is 18.0 Å². The molecule has 5 nitrogen and oxygen atoms in total. The molecule has 0 saturated heterocycles. The topological polar surface area (TPSA) is 59.3 Å². The van der Waals surface area contributed by atoms with Gasteiger partial charge in [-0.1, -0.05) is 36.4 Å². The van der Waals surface area contributed by atoms with E-state index in [0.29, 0.717) is 17.3 Å². The standard InChI is InChI=1S/C20H13F3N4O/c21-20(22,23)15-9-4-8-14(12-15)18(28)26-17-16(13-6-2-1-3-7-13)25-19-24-10-5-11-27(17)19/h1-12H,(H,26,28). The number of alkyl halides is 3. The summed E-state index contributed by atoms with van der Waals surface area (Å²) in [6.45, 7) is 0. The third-order valence-corrected chi connectivity index (χ3v) is 4.13. The monoisotopic (exact) mass is 382 g/mol. The molecule has 2 heterocycles. The van der Waals surface area contributed by atoms with Gasteiger partial charge in [0.1, 0.15) is 11.5 Å². The van der Waals surface area contributed by atoms with Crippen molar-refractivity contribution in [3.05, 3.63) is 84.2 Å². The van der Waals surface area contributed by atoms with Crippen LogP contribution in [0, 0.1) is 0 Å². The molecule has 140 valence electrons. The normalized spacial score (nSPS) is 11.5. The largest absolute Gasteiger partial charge is 0.416 e. The number of carbonyl (C=O) groups is 1. The number of aromatic nitrogens is 3. The summed E-state index contributed by atoms with van der Waals surface area (Å²) in [4.78, 5) is 21.3. The van der Waals surface area contributed by atoms with Crippen molar-refractivity contribution < 1.29 is 18.0 Å². The van der Waals surface area contributed by atoms with Crippen LogP contribution in [0.5, 0.6) is 0 Å². The molecule has 0 radical (unpaired) electrons. The number of amides is 1. The fourth-order valence-corrected chi connectivity index (χ4v) is 2.82. The lowest BCUT2D eigenvalue weighted by atomic mass is 10.1. The Balaban J connectivity index is 1.77. The van der Waals surface area contributed by atoms with E-state index >= 15 is 0 Å². The smallest absolute Gasteiger partial charge is 0.306 e. The Kier molecular flexibility index (Phi) is 4.31. The van der Waals surface area contributed by atoms with Gasteiger partial charge in [-0.15, -0.1) is 0 Å². The van der Waals surface area contributed by atoms with Crippen LogP contribution in [0.2, 0.25) is 0 Å². The van der Waals surface area contributed by atoms with Crippen LogP contribution < -0.4 is 5.32 Å². The minimum atomic E-state index is -4.53. The van der Waals surface area contributed by atoms with Gasteiger partial charge < -0.3 is 5.32 Å². The third kappa shape index (κ3) is 3.32. The first kappa shape index (κ1) is 17.7. The Morgan fingerprint density at radius 3 is 2.54 bits per heavy atom. The second-order valence-electron chi connectivity index (χ2n) is 6.00. The molecule has 2 aromatic heterocycles. The van der Waals surface area contributed by atoms with Crippen molar-refractivity contribution >= 4 is 17.5 Å². The highest BCUT2D eigenvalue weighted by atomic mass is 19.4. The lowest BCUT2D eigenvalue weighted by molar-refractivity contribution is -0.137.